The van der Waals surface area contributed by atoms with E-state index in [0.717, 1.165) is 0 Å². The lowest BCUT2D eigenvalue weighted by Crippen LogP contribution is -2.44. The van der Waals surface area contributed by atoms with Crippen molar-refractivity contribution < 1.29 is 18.4 Å². The highest BCUT2D eigenvalue weighted by Gasteiger charge is 2.34. The fraction of sp³-hybridized carbons (Fsp3) is 0.148. The number of halogens is 1. The minimum Gasteiger partial charge on any atom is -0.467 e. The maximum atomic E-state index is 15.1. The Hall–Kier alpha value is -4.86. The summed E-state index contributed by atoms with van der Waals surface area (Å²) in [4.78, 5) is 32.9. The number of rotatable bonds is 9. The molecule has 0 spiro atoms. The lowest BCUT2D eigenvalue weighted by molar-refractivity contribution is -0.142. The van der Waals surface area contributed by atoms with Crippen molar-refractivity contribution in [2.24, 2.45) is 0 Å². The molecule has 10 heteroatoms. The average molecular weight is 499 g/mol. The maximum absolute atomic E-state index is 15.1. The first-order chi connectivity index (χ1) is 18.1. The van der Waals surface area contributed by atoms with Crippen molar-refractivity contribution >= 4 is 22.8 Å². The molecule has 0 aliphatic carbocycles. The molecule has 2 aromatic carbocycles. The monoisotopic (exact) mass is 498 g/mol. The van der Waals surface area contributed by atoms with Gasteiger partial charge in [0.15, 0.2) is 0 Å². The molecule has 9 nitrogen and oxygen atoms in total. The first-order valence-electron chi connectivity index (χ1n) is 11.6. The summed E-state index contributed by atoms with van der Waals surface area (Å²) in [5, 5.41) is 11.0. The van der Waals surface area contributed by atoms with Crippen molar-refractivity contribution in [1.29, 1.82) is 0 Å². The van der Waals surface area contributed by atoms with Crippen molar-refractivity contribution in [2.75, 3.05) is 0 Å². The fourth-order valence-corrected chi connectivity index (χ4v) is 4.10. The quantitative estimate of drug-likeness (QED) is 0.333. The number of amides is 2. The van der Waals surface area contributed by atoms with Crippen LogP contribution in [0.15, 0.2) is 95.9 Å². The highest BCUT2D eigenvalue weighted by Crippen LogP contribution is 2.27. The summed E-state index contributed by atoms with van der Waals surface area (Å²) in [7, 11) is 0. The molecule has 0 aliphatic heterocycles. The molecular formula is C27H23FN6O3. The Morgan fingerprint density at radius 3 is 2.65 bits per heavy atom. The lowest BCUT2D eigenvalue weighted by Gasteiger charge is -2.31. The van der Waals surface area contributed by atoms with Crippen LogP contribution in [0, 0.1) is 5.82 Å². The van der Waals surface area contributed by atoms with Gasteiger partial charge in [-0.1, -0.05) is 41.6 Å². The molecule has 1 N–H and O–H groups in total. The van der Waals surface area contributed by atoms with E-state index < -0.39 is 23.7 Å². The molecule has 1 atom stereocenters. The smallest absolute Gasteiger partial charge is 0.247 e. The van der Waals surface area contributed by atoms with Crippen LogP contribution in [0.4, 0.5) is 4.39 Å². The van der Waals surface area contributed by atoms with Crippen LogP contribution in [0.5, 0.6) is 0 Å². The van der Waals surface area contributed by atoms with E-state index in [2.05, 4.69) is 20.6 Å². The summed E-state index contributed by atoms with van der Waals surface area (Å²) in [6.45, 7) is -0.0942. The van der Waals surface area contributed by atoms with Gasteiger partial charge in [0.1, 0.15) is 29.7 Å². The molecule has 0 unspecified atom stereocenters. The number of para-hydroxylation sites is 1. The van der Waals surface area contributed by atoms with E-state index in [4.69, 9.17) is 4.42 Å². The molecule has 3 aromatic heterocycles. The van der Waals surface area contributed by atoms with Gasteiger partial charge in [-0.05, 0) is 42.0 Å². The Bertz CT molecular complexity index is 1500. The highest BCUT2D eigenvalue weighted by molar-refractivity contribution is 5.89. The Morgan fingerprint density at radius 2 is 1.86 bits per heavy atom. The Labute approximate surface area is 211 Å². The van der Waals surface area contributed by atoms with Crippen molar-refractivity contribution in [2.45, 2.75) is 25.7 Å². The second-order valence-corrected chi connectivity index (χ2v) is 8.34. The van der Waals surface area contributed by atoms with Gasteiger partial charge < -0.3 is 14.6 Å². The van der Waals surface area contributed by atoms with E-state index in [0.29, 0.717) is 22.4 Å². The molecule has 2 amide bonds. The fourth-order valence-electron chi connectivity index (χ4n) is 4.10. The minimum atomic E-state index is -1.27. The minimum absolute atomic E-state index is 0.0203. The zero-order valence-electron chi connectivity index (χ0n) is 19.7. The summed E-state index contributed by atoms with van der Waals surface area (Å²) < 4.78 is 21.9. The SMILES string of the molecule is O=C(NCc1ccco1)[C@@H](c1ccccc1F)N(Cc1cccnc1)C(=O)Cn1nnc2ccccc21. The Balaban J connectivity index is 1.52. The van der Waals surface area contributed by atoms with E-state index in [1.807, 2.05) is 12.1 Å². The number of furan rings is 1. The molecule has 0 aliphatic rings. The van der Waals surface area contributed by atoms with Crippen LogP contribution in [-0.4, -0.2) is 36.7 Å². The molecule has 0 radical (unpaired) electrons. The number of nitrogens with one attached hydrogen (secondary N) is 1. The molecular weight excluding hydrogens is 475 g/mol. The van der Waals surface area contributed by atoms with Gasteiger partial charge in [-0.25, -0.2) is 9.07 Å². The number of fused-ring (bicyclic) bond motifs is 1. The molecule has 0 saturated heterocycles. The van der Waals surface area contributed by atoms with Crippen molar-refractivity contribution in [3.05, 3.63) is 114 Å². The predicted octanol–water partition coefficient (Wildman–Crippen LogP) is 3.64. The third-order valence-corrected chi connectivity index (χ3v) is 5.88. The Kier molecular flexibility index (Phi) is 6.98. The average Bonchev–Trinajstić information content (AvgIpc) is 3.59. The van der Waals surface area contributed by atoms with Crippen LogP contribution < -0.4 is 5.32 Å². The lowest BCUT2D eigenvalue weighted by atomic mass is 10.0. The molecule has 186 valence electrons. The molecule has 5 aromatic rings. The summed E-state index contributed by atoms with van der Waals surface area (Å²) in [6, 6.07) is 18.9. The van der Waals surface area contributed by atoms with Crippen LogP contribution in [0.1, 0.15) is 22.9 Å². The van der Waals surface area contributed by atoms with Crippen LogP contribution in [0.3, 0.4) is 0 Å². The predicted molar refractivity (Wildman–Crippen MR) is 132 cm³/mol. The third-order valence-electron chi connectivity index (χ3n) is 5.88. The molecule has 0 saturated carbocycles. The number of nitrogens with zero attached hydrogens (tertiary/aromatic N) is 5. The van der Waals surface area contributed by atoms with Crippen molar-refractivity contribution in [3.63, 3.8) is 0 Å². The van der Waals surface area contributed by atoms with Crippen LogP contribution in [0.25, 0.3) is 11.0 Å². The molecule has 0 bridgehead atoms. The number of pyridine rings is 1. The van der Waals surface area contributed by atoms with Crippen LogP contribution in [-0.2, 0) is 29.2 Å². The highest BCUT2D eigenvalue weighted by atomic mass is 19.1. The van der Waals surface area contributed by atoms with Gasteiger partial charge >= 0.3 is 0 Å². The van der Waals surface area contributed by atoms with Gasteiger partial charge in [-0.3, -0.25) is 14.6 Å². The second kappa shape index (κ2) is 10.8. The zero-order valence-corrected chi connectivity index (χ0v) is 19.7. The molecule has 5 rings (SSSR count). The van der Waals surface area contributed by atoms with Crippen LogP contribution in [0.2, 0.25) is 0 Å². The molecule has 3 heterocycles. The third kappa shape index (κ3) is 5.37. The van der Waals surface area contributed by atoms with E-state index in [-0.39, 0.29) is 25.2 Å². The standard InChI is InChI=1S/C27H23FN6O3/c28-22-10-2-1-9-21(22)26(27(36)30-16-20-8-6-14-37-20)33(17-19-7-5-13-29-15-19)25(35)18-34-24-12-4-3-11-23(24)31-32-34/h1-15,26H,16-18H2,(H,30,36)/t26-/m1/s1. The van der Waals surface area contributed by atoms with Gasteiger partial charge in [-0.2, -0.15) is 0 Å². The van der Waals surface area contributed by atoms with Gasteiger partial charge in [0.05, 0.1) is 18.3 Å². The maximum Gasteiger partial charge on any atom is 0.247 e. The first-order valence-corrected chi connectivity index (χ1v) is 11.6. The summed E-state index contributed by atoms with van der Waals surface area (Å²) in [5.74, 6) is -1.07. The van der Waals surface area contributed by atoms with Gasteiger partial charge in [0, 0.05) is 24.5 Å². The van der Waals surface area contributed by atoms with E-state index in [1.165, 1.54) is 34.0 Å². The Morgan fingerprint density at radius 1 is 1.03 bits per heavy atom. The summed E-state index contributed by atoms with van der Waals surface area (Å²) >= 11 is 0. The normalized spacial score (nSPS) is 11.8. The molecule has 0 fully saturated rings. The number of aromatic nitrogens is 4. The van der Waals surface area contributed by atoms with Crippen molar-refractivity contribution in [1.82, 2.24) is 30.2 Å². The number of hydrogen-bond acceptors (Lipinski definition) is 6. The summed E-state index contributed by atoms with van der Waals surface area (Å²) in [6.07, 6.45) is 4.71. The largest absolute Gasteiger partial charge is 0.467 e. The van der Waals surface area contributed by atoms with Gasteiger partial charge in [-0.15, -0.1) is 5.10 Å². The topological polar surface area (TPSA) is 106 Å². The van der Waals surface area contributed by atoms with E-state index in [1.54, 1.807) is 54.9 Å². The van der Waals surface area contributed by atoms with E-state index >= 15 is 4.39 Å². The molecule has 37 heavy (non-hydrogen) atoms. The number of hydrogen-bond donors (Lipinski definition) is 1. The summed E-state index contributed by atoms with van der Waals surface area (Å²) in [5.41, 5.74) is 2.05. The van der Waals surface area contributed by atoms with Crippen molar-refractivity contribution in [3.8, 4) is 0 Å². The van der Waals surface area contributed by atoms with Crippen LogP contribution >= 0.6 is 0 Å². The van der Waals surface area contributed by atoms with Gasteiger partial charge in [0.2, 0.25) is 11.8 Å². The number of carbonyl (C=O) groups is 2. The second-order valence-electron chi connectivity index (χ2n) is 8.34. The number of benzene rings is 2. The number of carbonyl (C=O) groups excluding carboxylic acids is 2. The van der Waals surface area contributed by atoms with Gasteiger partial charge in [0.25, 0.3) is 0 Å². The first kappa shape index (κ1) is 23.9. The zero-order chi connectivity index (χ0) is 25.6. The van der Waals surface area contributed by atoms with E-state index in [9.17, 15) is 9.59 Å².